The van der Waals surface area contributed by atoms with Crippen LogP contribution in [0, 0.1) is 0 Å². The van der Waals surface area contributed by atoms with E-state index in [0.717, 1.165) is 24.8 Å². The molecule has 0 N–H and O–H groups in total. The Kier molecular flexibility index (Phi) is 3.56. The molecule has 1 aliphatic rings. The molecule has 0 unspecified atom stereocenters. The lowest BCUT2D eigenvalue weighted by atomic mass is 9.93. The first-order valence-electron chi connectivity index (χ1n) is 7.85. The summed E-state index contributed by atoms with van der Waals surface area (Å²) in [5.74, 6) is 0.594. The summed E-state index contributed by atoms with van der Waals surface area (Å²) in [6, 6.07) is 3.80. The second-order valence-electron chi connectivity index (χ2n) is 5.87. The summed E-state index contributed by atoms with van der Waals surface area (Å²) in [6.45, 7) is 0.305. The summed E-state index contributed by atoms with van der Waals surface area (Å²) in [6.07, 6.45) is 11.2. The molecular weight excluding hydrogens is 308 g/mol. The van der Waals surface area contributed by atoms with Crippen LogP contribution in [-0.4, -0.2) is 29.1 Å². The zero-order valence-electron chi connectivity index (χ0n) is 12.9. The maximum absolute atomic E-state index is 12.3. The number of pyridine rings is 1. The topological polar surface area (TPSA) is 87.6 Å². The fourth-order valence-corrected chi connectivity index (χ4v) is 2.76. The minimum atomic E-state index is -0.498. The van der Waals surface area contributed by atoms with Gasteiger partial charge in [-0.15, -0.1) is 4.80 Å². The third-order valence-corrected chi connectivity index (χ3v) is 4.34. The van der Waals surface area contributed by atoms with E-state index in [9.17, 15) is 9.59 Å². The van der Waals surface area contributed by atoms with Crippen LogP contribution in [0.3, 0.4) is 0 Å². The molecule has 3 aromatic heterocycles. The van der Waals surface area contributed by atoms with Crippen molar-refractivity contribution in [3.05, 3.63) is 69.4 Å². The molecule has 122 valence electrons. The minimum Gasteiger partial charge on any atom is -0.306 e. The summed E-state index contributed by atoms with van der Waals surface area (Å²) >= 11 is 0. The Morgan fingerprint density at radius 1 is 1.04 bits per heavy atom. The summed E-state index contributed by atoms with van der Waals surface area (Å²) < 4.78 is 2.98. The summed E-state index contributed by atoms with van der Waals surface area (Å²) in [4.78, 5) is 30.2. The lowest BCUT2D eigenvalue weighted by Crippen LogP contribution is -2.43. The highest BCUT2D eigenvalue weighted by Gasteiger charge is 2.21. The molecule has 0 aliphatic heterocycles. The van der Waals surface area contributed by atoms with Crippen LogP contribution >= 0.6 is 0 Å². The molecule has 0 radical (unpaired) electrons. The van der Waals surface area contributed by atoms with Crippen molar-refractivity contribution in [2.24, 2.45) is 0 Å². The van der Waals surface area contributed by atoms with Crippen molar-refractivity contribution >= 4 is 0 Å². The van der Waals surface area contributed by atoms with Gasteiger partial charge in [0, 0.05) is 24.6 Å². The van der Waals surface area contributed by atoms with Crippen molar-refractivity contribution in [3.8, 4) is 5.82 Å². The van der Waals surface area contributed by atoms with Gasteiger partial charge in [-0.25, -0.2) is 4.98 Å². The predicted molar refractivity (Wildman–Crippen MR) is 86.1 cm³/mol. The Bertz CT molecular complexity index is 951. The molecule has 1 aliphatic carbocycles. The Hall–Kier alpha value is -3.03. The largest absolute Gasteiger partial charge is 0.316 e. The van der Waals surface area contributed by atoms with Crippen molar-refractivity contribution in [1.82, 2.24) is 29.1 Å². The van der Waals surface area contributed by atoms with E-state index in [0.29, 0.717) is 12.4 Å². The molecule has 0 atom stereocenters. The number of rotatable bonds is 4. The van der Waals surface area contributed by atoms with Gasteiger partial charge in [0.15, 0.2) is 5.82 Å². The van der Waals surface area contributed by atoms with E-state index >= 15 is 0 Å². The molecule has 1 saturated carbocycles. The van der Waals surface area contributed by atoms with Gasteiger partial charge in [0.05, 0.1) is 18.9 Å². The molecule has 3 heterocycles. The average molecular weight is 324 g/mol. The fraction of sp³-hybridized carbons (Fsp3) is 0.312. The van der Waals surface area contributed by atoms with Crippen molar-refractivity contribution in [2.45, 2.75) is 31.8 Å². The summed E-state index contributed by atoms with van der Waals surface area (Å²) in [5, 5.41) is 8.02. The van der Waals surface area contributed by atoms with Gasteiger partial charge in [0.1, 0.15) is 0 Å². The highest BCUT2D eigenvalue weighted by atomic mass is 16.2. The third kappa shape index (κ3) is 2.55. The van der Waals surface area contributed by atoms with E-state index in [-0.39, 0.29) is 6.04 Å². The zero-order chi connectivity index (χ0) is 16.5. The first kappa shape index (κ1) is 14.6. The summed E-state index contributed by atoms with van der Waals surface area (Å²) in [5.41, 5.74) is -0.122. The molecule has 24 heavy (non-hydrogen) atoms. The minimum absolute atomic E-state index is 0.183. The highest BCUT2D eigenvalue weighted by Crippen LogP contribution is 2.29. The van der Waals surface area contributed by atoms with Crippen LogP contribution in [0.4, 0.5) is 0 Å². The lowest BCUT2D eigenvalue weighted by Gasteiger charge is -2.27. The van der Waals surface area contributed by atoms with Crippen LogP contribution in [0.5, 0.6) is 0 Å². The van der Waals surface area contributed by atoms with Crippen molar-refractivity contribution in [2.75, 3.05) is 0 Å². The number of nitrogens with zero attached hydrogens (tertiary/aromatic N) is 6. The van der Waals surface area contributed by atoms with Gasteiger partial charge in [-0.3, -0.25) is 9.59 Å². The molecule has 4 rings (SSSR count). The van der Waals surface area contributed by atoms with E-state index in [1.807, 2.05) is 6.07 Å². The van der Waals surface area contributed by atoms with Crippen LogP contribution in [0.2, 0.25) is 0 Å². The molecular formula is C16H16N6O2. The van der Waals surface area contributed by atoms with Gasteiger partial charge in [-0.1, -0.05) is 6.07 Å². The smallest absolute Gasteiger partial charge is 0.306 e. The van der Waals surface area contributed by atoms with Crippen LogP contribution in [0.25, 0.3) is 5.82 Å². The van der Waals surface area contributed by atoms with Gasteiger partial charge in [0.25, 0.3) is 0 Å². The fourth-order valence-electron chi connectivity index (χ4n) is 2.76. The number of aromatic nitrogens is 6. The third-order valence-electron chi connectivity index (χ3n) is 4.34. The van der Waals surface area contributed by atoms with Gasteiger partial charge in [0.2, 0.25) is 0 Å². The van der Waals surface area contributed by atoms with Gasteiger partial charge in [-0.2, -0.15) is 10.2 Å². The monoisotopic (exact) mass is 324 g/mol. The molecule has 1 fully saturated rings. The normalized spacial score (nSPS) is 14.5. The quantitative estimate of drug-likeness (QED) is 0.661. The standard InChI is InChI=1S/C16H16N6O2/c23-15-16(24)21(13-2-1-3-13)9-8-20(15)11-12-4-5-14(17-10-12)22-18-6-7-19-22/h4-10,13H,1-3,11H2. The van der Waals surface area contributed by atoms with E-state index in [1.165, 1.54) is 9.36 Å². The molecule has 0 bridgehead atoms. The second-order valence-corrected chi connectivity index (χ2v) is 5.87. The van der Waals surface area contributed by atoms with Crippen LogP contribution < -0.4 is 11.1 Å². The number of hydrogen-bond acceptors (Lipinski definition) is 5. The Morgan fingerprint density at radius 3 is 2.46 bits per heavy atom. The van der Waals surface area contributed by atoms with Gasteiger partial charge in [-0.05, 0) is 30.9 Å². The Morgan fingerprint density at radius 2 is 1.83 bits per heavy atom. The first-order valence-corrected chi connectivity index (χ1v) is 7.85. The molecule has 3 aromatic rings. The molecule has 0 saturated heterocycles. The molecule has 8 nitrogen and oxygen atoms in total. The van der Waals surface area contributed by atoms with Crippen molar-refractivity contribution < 1.29 is 0 Å². The van der Waals surface area contributed by atoms with Crippen LogP contribution in [-0.2, 0) is 6.54 Å². The van der Waals surface area contributed by atoms with Crippen molar-refractivity contribution in [1.29, 1.82) is 0 Å². The Labute approximate surface area is 137 Å². The van der Waals surface area contributed by atoms with E-state index in [2.05, 4.69) is 15.2 Å². The SMILES string of the molecule is O=c1c(=O)n(C2CCC2)ccn1Cc1ccc(-n2nccn2)nc1. The van der Waals surface area contributed by atoms with Crippen LogP contribution in [0.15, 0.2) is 52.7 Å². The molecule has 8 heteroatoms. The average Bonchev–Trinajstić information content (AvgIpc) is 3.08. The van der Waals surface area contributed by atoms with Crippen LogP contribution in [0.1, 0.15) is 30.9 Å². The first-order chi connectivity index (χ1) is 11.7. The highest BCUT2D eigenvalue weighted by molar-refractivity contribution is 5.23. The van der Waals surface area contributed by atoms with Gasteiger partial charge < -0.3 is 9.13 Å². The molecule has 0 spiro atoms. The predicted octanol–water partition coefficient (Wildman–Crippen LogP) is 0.759. The van der Waals surface area contributed by atoms with E-state index in [4.69, 9.17) is 0 Å². The second kappa shape index (κ2) is 5.88. The Balaban J connectivity index is 1.58. The van der Waals surface area contributed by atoms with Gasteiger partial charge >= 0.3 is 11.1 Å². The maximum Gasteiger partial charge on any atom is 0.316 e. The molecule has 0 aromatic carbocycles. The van der Waals surface area contributed by atoms with E-state index in [1.54, 1.807) is 41.6 Å². The summed E-state index contributed by atoms with van der Waals surface area (Å²) in [7, 11) is 0. The number of hydrogen-bond donors (Lipinski definition) is 0. The van der Waals surface area contributed by atoms with Crippen molar-refractivity contribution in [3.63, 3.8) is 0 Å². The molecule has 0 amide bonds. The van der Waals surface area contributed by atoms with E-state index < -0.39 is 11.1 Å². The lowest BCUT2D eigenvalue weighted by molar-refractivity contribution is 0.303. The maximum atomic E-state index is 12.3. The zero-order valence-corrected chi connectivity index (χ0v) is 12.9.